The number of aromatic nitrogens is 6. The first-order valence-corrected chi connectivity index (χ1v) is 13.0. The fourth-order valence-electron chi connectivity index (χ4n) is 4.98. The van der Waals surface area contributed by atoms with Gasteiger partial charge in [0.2, 0.25) is 5.91 Å². The summed E-state index contributed by atoms with van der Waals surface area (Å²) in [6.07, 6.45) is 7.02. The van der Waals surface area contributed by atoms with Crippen molar-refractivity contribution in [3.63, 3.8) is 0 Å². The minimum Gasteiger partial charge on any atom is -0.338 e. The van der Waals surface area contributed by atoms with E-state index in [4.69, 9.17) is 0 Å². The number of pyridine rings is 3. The van der Waals surface area contributed by atoms with Crippen LogP contribution in [0.1, 0.15) is 5.56 Å². The van der Waals surface area contributed by atoms with E-state index in [0.29, 0.717) is 22.7 Å². The lowest BCUT2D eigenvalue weighted by Gasteiger charge is -2.07. The first kappa shape index (κ1) is 24.3. The normalized spacial score (nSPS) is 11.2. The maximum Gasteiger partial charge on any atom is 0.228 e. The van der Waals surface area contributed by atoms with Crippen LogP contribution in [0.4, 0.5) is 10.1 Å². The standard InChI is InChI=1S/C32H22FN7O/c33-22-8-4-7-20(12-22)24-9-10-35-32-25(24)14-28(38-32)31-26-15-27(36-18-29(26)39-40-31)21-13-23(17-34-16-21)37-30(41)11-19-5-2-1-3-6-19/h1-10,12-18H,11H2,(H,35,38)(H,37,41)(H,39,40). The predicted molar refractivity (Wildman–Crippen MR) is 156 cm³/mol. The predicted octanol–water partition coefficient (Wildman–Crippen LogP) is 6.55. The van der Waals surface area contributed by atoms with E-state index >= 15 is 0 Å². The molecule has 1 amide bonds. The number of amides is 1. The largest absolute Gasteiger partial charge is 0.338 e. The molecule has 0 fully saturated rings. The second-order valence-corrected chi connectivity index (χ2v) is 9.67. The third-order valence-corrected chi connectivity index (χ3v) is 6.90. The summed E-state index contributed by atoms with van der Waals surface area (Å²) < 4.78 is 13.9. The zero-order valence-corrected chi connectivity index (χ0v) is 21.6. The highest BCUT2D eigenvalue weighted by Gasteiger charge is 2.16. The SMILES string of the molecule is O=C(Cc1ccccc1)Nc1cncc(-c2cc3c(-c4cc5c(-c6cccc(F)c6)ccnc5[nH]4)n[nH]c3cn2)c1. The summed E-state index contributed by atoms with van der Waals surface area (Å²) >= 11 is 0. The van der Waals surface area contributed by atoms with Crippen molar-refractivity contribution in [2.75, 3.05) is 5.32 Å². The van der Waals surface area contributed by atoms with Gasteiger partial charge >= 0.3 is 0 Å². The van der Waals surface area contributed by atoms with Gasteiger partial charge in [-0.15, -0.1) is 0 Å². The van der Waals surface area contributed by atoms with Crippen LogP contribution in [-0.4, -0.2) is 36.0 Å². The van der Waals surface area contributed by atoms with E-state index in [2.05, 4.69) is 35.5 Å². The lowest BCUT2D eigenvalue weighted by atomic mass is 10.0. The Hall–Kier alpha value is -5.70. The summed E-state index contributed by atoms with van der Waals surface area (Å²) in [6.45, 7) is 0. The summed E-state index contributed by atoms with van der Waals surface area (Å²) in [5, 5.41) is 12.2. The summed E-state index contributed by atoms with van der Waals surface area (Å²) in [5.41, 5.74) is 7.50. The van der Waals surface area contributed by atoms with Crippen molar-refractivity contribution in [2.45, 2.75) is 6.42 Å². The van der Waals surface area contributed by atoms with Crippen molar-refractivity contribution >= 4 is 33.5 Å². The zero-order chi connectivity index (χ0) is 27.8. The topological polar surface area (TPSA) is 112 Å². The smallest absolute Gasteiger partial charge is 0.228 e. The minimum absolute atomic E-state index is 0.124. The van der Waals surface area contributed by atoms with Crippen molar-refractivity contribution in [3.8, 4) is 33.8 Å². The molecule has 0 bridgehead atoms. The van der Waals surface area contributed by atoms with Crippen LogP contribution >= 0.6 is 0 Å². The Morgan fingerprint density at radius 3 is 2.63 bits per heavy atom. The molecular weight excluding hydrogens is 517 g/mol. The number of aromatic amines is 2. The van der Waals surface area contributed by atoms with E-state index < -0.39 is 0 Å². The number of carbonyl (C=O) groups is 1. The molecule has 0 aliphatic rings. The first-order chi connectivity index (χ1) is 20.1. The van der Waals surface area contributed by atoms with Crippen LogP contribution in [0.2, 0.25) is 0 Å². The van der Waals surface area contributed by atoms with Crippen LogP contribution in [0.15, 0.2) is 104 Å². The fourth-order valence-corrected chi connectivity index (χ4v) is 4.98. The van der Waals surface area contributed by atoms with Crippen molar-refractivity contribution in [1.29, 1.82) is 0 Å². The molecule has 41 heavy (non-hydrogen) atoms. The van der Waals surface area contributed by atoms with Gasteiger partial charge in [0.1, 0.15) is 17.2 Å². The number of halogens is 1. The molecule has 0 aliphatic heterocycles. The number of H-pyrrole nitrogens is 2. The monoisotopic (exact) mass is 539 g/mol. The molecule has 0 saturated heterocycles. The molecule has 0 atom stereocenters. The Morgan fingerprint density at radius 1 is 0.854 bits per heavy atom. The molecule has 3 N–H and O–H groups in total. The van der Waals surface area contributed by atoms with Crippen LogP contribution in [0, 0.1) is 5.82 Å². The van der Waals surface area contributed by atoms with Crippen LogP contribution in [-0.2, 0) is 11.2 Å². The van der Waals surface area contributed by atoms with Gasteiger partial charge in [-0.3, -0.25) is 19.9 Å². The Labute approximate surface area is 233 Å². The van der Waals surface area contributed by atoms with Gasteiger partial charge in [-0.1, -0.05) is 42.5 Å². The summed E-state index contributed by atoms with van der Waals surface area (Å²) in [7, 11) is 0. The van der Waals surface area contributed by atoms with Gasteiger partial charge in [0.15, 0.2) is 0 Å². The van der Waals surface area contributed by atoms with Gasteiger partial charge in [-0.2, -0.15) is 5.10 Å². The number of hydrogen-bond acceptors (Lipinski definition) is 5. The molecule has 0 spiro atoms. The van der Waals surface area contributed by atoms with Crippen molar-refractivity contribution < 1.29 is 9.18 Å². The van der Waals surface area contributed by atoms with Crippen LogP contribution in [0.3, 0.4) is 0 Å². The number of fused-ring (bicyclic) bond motifs is 2. The molecule has 7 rings (SSSR count). The van der Waals surface area contributed by atoms with E-state index in [1.165, 1.54) is 12.1 Å². The van der Waals surface area contributed by atoms with E-state index in [9.17, 15) is 9.18 Å². The molecule has 8 nitrogen and oxygen atoms in total. The molecule has 9 heteroatoms. The van der Waals surface area contributed by atoms with Gasteiger partial charge in [-0.25, -0.2) is 9.37 Å². The van der Waals surface area contributed by atoms with Gasteiger partial charge in [-0.05, 0) is 53.1 Å². The first-order valence-electron chi connectivity index (χ1n) is 13.0. The lowest BCUT2D eigenvalue weighted by Crippen LogP contribution is -2.14. The van der Waals surface area contributed by atoms with Crippen LogP contribution in [0.5, 0.6) is 0 Å². The van der Waals surface area contributed by atoms with Crippen molar-refractivity contribution in [1.82, 2.24) is 30.1 Å². The van der Waals surface area contributed by atoms with E-state index in [1.807, 2.05) is 60.7 Å². The Bertz CT molecular complexity index is 2050. The molecule has 0 aliphatic carbocycles. The maximum atomic E-state index is 13.9. The average molecular weight is 540 g/mol. The summed E-state index contributed by atoms with van der Waals surface area (Å²) in [4.78, 5) is 29.3. The number of anilines is 1. The summed E-state index contributed by atoms with van der Waals surface area (Å²) in [6, 6.07) is 23.7. The highest BCUT2D eigenvalue weighted by Crippen LogP contribution is 2.34. The van der Waals surface area contributed by atoms with E-state index in [1.54, 1.807) is 30.9 Å². The molecular formula is C32H22FN7O. The Morgan fingerprint density at radius 2 is 1.76 bits per heavy atom. The highest BCUT2D eigenvalue weighted by atomic mass is 19.1. The number of nitrogens with one attached hydrogen (secondary N) is 3. The Balaban J connectivity index is 1.21. The van der Waals surface area contributed by atoms with E-state index in [-0.39, 0.29) is 18.1 Å². The minimum atomic E-state index is -0.295. The second kappa shape index (κ2) is 10.1. The maximum absolute atomic E-state index is 13.9. The highest BCUT2D eigenvalue weighted by molar-refractivity contribution is 6.00. The third kappa shape index (κ3) is 4.80. The second-order valence-electron chi connectivity index (χ2n) is 9.67. The Kier molecular flexibility index (Phi) is 6.01. The quantitative estimate of drug-likeness (QED) is 0.222. The zero-order valence-electron chi connectivity index (χ0n) is 21.6. The number of rotatable bonds is 6. The van der Waals surface area contributed by atoms with E-state index in [0.717, 1.165) is 44.2 Å². The fraction of sp³-hybridized carbons (Fsp3) is 0.0312. The molecule has 198 valence electrons. The molecule has 2 aromatic carbocycles. The molecule has 5 heterocycles. The lowest BCUT2D eigenvalue weighted by molar-refractivity contribution is -0.115. The number of hydrogen-bond donors (Lipinski definition) is 3. The molecule has 0 saturated carbocycles. The van der Waals surface area contributed by atoms with Crippen LogP contribution in [0.25, 0.3) is 55.7 Å². The molecule has 0 unspecified atom stereocenters. The molecule has 5 aromatic heterocycles. The van der Waals surface area contributed by atoms with Gasteiger partial charge in [0.25, 0.3) is 0 Å². The molecule has 7 aromatic rings. The van der Waals surface area contributed by atoms with Crippen molar-refractivity contribution in [2.24, 2.45) is 0 Å². The average Bonchev–Trinajstić information content (AvgIpc) is 3.61. The summed E-state index contributed by atoms with van der Waals surface area (Å²) in [5.74, 6) is -0.420. The molecule has 0 radical (unpaired) electrons. The van der Waals surface area contributed by atoms with Gasteiger partial charge in [0.05, 0.1) is 41.4 Å². The number of benzene rings is 2. The van der Waals surface area contributed by atoms with Gasteiger partial charge < -0.3 is 10.3 Å². The third-order valence-electron chi connectivity index (χ3n) is 6.90. The van der Waals surface area contributed by atoms with Crippen LogP contribution < -0.4 is 5.32 Å². The van der Waals surface area contributed by atoms with Gasteiger partial charge in [0, 0.05) is 28.7 Å². The number of carbonyl (C=O) groups excluding carboxylic acids is 1. The number of nitrogens with zero attached hydrogens (tertiary/aromatic N) is 4. The van der Waals surface area contributed by atoms with Crippen molar-refractivity contribution in [3.05, 3.63) is 115 Å².